The third-order valence-electron chi connectivity index (χ3n) is 2.71. The van der Waals surface area contributed by atoms with Crippen LogP contribution in [0.2, 0.25) is 0 Å². The predicted octanol–water partition coefficient (Wildman–Crippen LogP) is 1.82. The minimum Gasteiger partial charge on any atom is -0.490 e. The van der Waals surface area contributed by atoms with Crippen molar-refractivity contribution in [1.82, 2.24) is 10.2 Å². The first-order valence-electron chi connectivity index (χ1n) is 6.31. The average molecular weight is 262 g/mol. The van der Waals surface area contributed by atoms with Gasteiger partial charge in [-0.3, -0.25) is 4.79 Å². The van der Waals surface area contributed by atoms with Crippen LogP contribution in [0.3, 0.4) is 0 Å². The van der Waals surface area contributed by atoms with Crippen molar-refractivity contribution in [2.24, 2.45) is 0 Å². The van der Waals surface area contributed by atoms with Gasteiger partial charge in [0.05, 0.1) is 6.04 Å². The molecule has 0 aliphatic heterocycles. The Labute approximate surface area is 115 Å². The quantitative estimate of drug-likeness (QED) is 0.762. The summed E-state index contributed by atoms with van der Waals surface area (Å²) < 4.78 is 5.41. The Bertz CT molecular complexity index is 413. The first-order valence-corrected chi connectivity index (χ1v) is 6.31. The van der Waals surface area contributed by atoms with Crippen LogP contribution in [0.25, 0.3) is 0 Å². The van der Waals surface area contributed by atoms with Crippen LogP contribution in [0.15, 0.2) is 36.9 Å². The molecule has 0 aromatic heterocycles. The molecule has 1 N–H and O–H groups in total. The van der Waals surface area contributed by atoms with Gasteiger partial charge in [-0.05, 0) is 24.6 Å². The van der Waals surface area contributed by atoms with Crippen LogP contribution in [0.5, 0.6) is 5.75 Å². The molecule has 19 heavy (non-hydrogen) atoms. The first-order chi connectivity index (χ1) is 9.04. The van der Waals surface area contributed by atoms with Gasteiger partial charge in [-0.25, -0.2) is 0 Å². The summed E-state index contributed by atoms with van der Waals surface area (Å²) in [4.78, 5) is 13.3. The molecule has 4 heteroatoms. The highest BCUT2D eigenvalue weighted by Gasteiger charge is 2.13. The normalized spacial score (nSPS) is 11.7. The molecule has 0 aliphatic carbocycles. The third kappa shape index (κ3) is 5.14. The van der Waals surface area contributed by atoms with E-state index in [9.17, 15) is 4.79 Å². The lowest BCUT2D eigenvalue weighted by molar-refractivity contribution is -0.130. The number of ether oxygens (including phenoxy) is 1. The molecule has 0 saturated carbocycles. The molecule has 0 saturated heterocycles. The highest BCUT2D eigenvalue weighted by Crippen LogP contribution is 2.12. The van der Waals surface area contributed by atoms with Gasteiger partial charge >= 0.3 is 0 Å². The molecule has 1 aromatic rings. The minimum atomic E-state index is -0.188. The molecule has 1 unspecified atom stereocenters. The molecule has 0 bridgehead atoms. The minimum absolute atomic E-state index is 0.0749. The van der Waals surface area contributed by atoms with Gasteiger partial charge in [0.15, 0.2) is 0 Å². The molecule has 1 amide bonds. The van der Waals surface area contributed by atoms with Crippen molar-refractivity contribution in [3.8, 4) is 5.75 Å². The maximum atomic E-state index is 11.7. The number of hydrogen-bond donors (Lipinski definition) is 1. The second-order valence-electron chi connectivity index (χ2n) is 4.58. The van der Waals surface area contributed by atoms with E-state index in [0.29, 0.717) is 13.2 Å². The summed E-state index contributed by atoms with van der Waals surface area (Å²) >= 11 is 0. The van der Waals surface area contributed by atoms with Gasteiger partial charge in [-0.2, -0.15) is 0 Å². The van der Waals surface area contributed by atoms with E-state index >= 15 is 0 Å². The number of benzene rings is 1. The zero-order chi connectivity index (χ0) is 14.3. The Balaban J connectivity index is 2.45. The van der Waals surface area contributed by atoms with Crippen LogP contribution >= 0.6 is 0 Å². The number of carbonyl (C=O) groups excluding carboxylic acids is 1. The van der Waals surface area contributed by atoms with Gasteiger partial charge in [-0.15, -0.1) is 0 Å². The molecule has 1 rings (SSSR count). The first kappa shape index (κ1) is 15.2. The van der Waals surface area contributed by atoms with Crippen molar-refractivity contribution in [3.63, 3.8) is 0 Å². The molecule has 0 fully saturated rings. The highest BCUT2D eigenvalue weighted by molar-refractivity contribution is 5.80. The van der Waals surface area contributed by atoms with Crippen LogP contribution in [0.1, 0.15) is 12.5 Å². The van der Waals surface area contributed by atoms with E-state index in [1.54, 1.807) is 25.1 Å². The Morgan fingerprint density at radius 2 is 2.05 bits per heavy atom. The van der Waals surface area contributed by atoms with Crippen LogP contribution < -0.4 is 10.1 Å². The van der Waals surface area contributed by atoms with E-state index in [1.807, 2.05) is 31.2 Å². The lowest BCUT2D eigenvalue weighted by Gasteiger charge is -2.18. The largest absolute Gasteiger partial charge is 0.490 e. The topological polar surface area (TPSA) is 41.6 Å². The summed E-state index contributed by atoms with van der Waals surface area (Å²) in [5.41, 5.74) is 1.12. The molecule has 4 nitrogen and oxygen atoms in total. The van der Waals surface area contributed by atoms with Gasteiger partial charge in [0, 0.05) is 20.6 Å². The number of carbonyl (C=O) groups is 1. The van der Waals surface area contributed by atoms with Crippen molar-refractivity contribution in [2.45, 2.75) is 19.5 Å². The maximum Gasteiger partial charge on any atom is 0.238 e. The molecule has 104 valence electrons. The van der Waals surface area contributed by atoms with Gasteiger partial charge < -0.3 is 15.0 Å². The number of rotatable bonds is 7. The highest BCUT2D eigenvalue weighted by atomic mass is 16.5. The van der Waals surface area contributed by atoms with E-state index in [-0.39, 0.29) is 11.9 Å². The molecule has 0 heterocycles. The SMILES string of the molecule is C=CCOc1ccc(CNC(C)C(=O)N(C)C)cc1. The van der Waals surface area contributed by atoms with Crippen molar-refractivity contribution in [3.05, 3.63) is 42.5 Å². The molecular formula is C15H22N2O2. The summed E-state index contributed by atoms with van der Waals surface area (Å²) in [6.45, 7) is 6.63. The summed E-state index contributed by atoms with van der Waals surface area (Å²) in [6, 6.07) is 7.61. The standard InChI is InChI=1S/C15H22N2O2/c1-5-10-19-14-8-6-13(7-9-14)11-16-12(2)15(18)17(3)4/h5-9,12,16H,1,10-11H2,2-4H3. The fourth-order valence-electron chi connectivity index (χ4n) is 1.60. The van der Waals surface area contributed by atoms with E-state index in [1.165, 1.54) is 0 Å². The Morgan fingerprint density at radius 1 is 1.42 bits per heavy atom. The van der Waals surface area contributed by atoms with E-state index < -0.39 is 0 Å². The van der Waals surface area contributed by atoms with Crippen molar-refractivity contribution in [1.29, 1.82) is 0 Å². The van der Waals surface area contributed by atoms with E-state index in [4.69, 9.17) is 4.74 Å². The predicted molar refractivity (Wildman–Crippen MR) is 77.1 cm³/mol. The zero-order valence-corrected chi connectivity index (χ0v) is 11.8. The Kier molecular flexibility index (Phi) is 6.09. The van der Waals surface area contributed by atoms with Gasteiger partial charge in [0.25, 0.3) is 0 Å². The molecule has 0 spiro atoms. The fraction of sp³-hybridized carbons (Fsp3) is 0.400. The van der Waals surface area contributed by atoms with Crippen LogP contribution in [0, 0.1) is 0 Å². The summed E-state index contributed by atoms with van der Waals surface area (Å²) in [5, 5.41) is 3.19. The van der Waals surface area contributed by atoms with Gasteiger partial charge in [0.1, 0.15) is 12.4 Å². The Hall–Kier alpha value is -1.81. The average Bonchev–Trinajstić information content (AvgIpc) is 2.42. The maximum absolute atomic E-state index is 11.7. The van der Waals surface area contributed by atoms with E-state index in [2.05, 4.69) is 11.9 Å². The number of amides is 1. The third-order valence-corrected chi connectivity index (χ3v) is 2.71. The van der Waals surface area contributed by atoms with Crippen molar-refractivity contribution in [2.75, 3.05) is 20.7 Å². The number of likely N-dealkylation sites (N-methyl/N-ethyl adjacent to an activating group) is 1. The summed E-state index contributed by atoms with van der Waals surface area (Å²) in [6.07, 6.45) is 1.71. The number of nitrogens with zero attached hydrogens (tertiary/aromatic N) is 1. The Morgan fingerprint density at radius 3 is 2.58 bits per heavy atom. The van der Waals surface area contributed by atoms with Gasteiger partial charge in [0.2, 0.25) is 5.91 Å². The molecule has 0 radical (unpaired) electrons. The van der Waals surface area contributed by atoms with Crippen molar-refractivity contribution >= 4 is 5.91 Å². The lowest BCUT2D eigenvalue weighted by atomic mass is 10.2. The molecule has 0 aliphatic rings. The van der Waals surface area contributed by atoms with Crippen LogP contribution in [-0.4, -0.2) is 37.6 Å². The second-order valence-corrected chi connectivity index (χ2v) is 4.58. The number of hydrogen-bond acceptors (Lipinski definition) is 3. The van der Waals surface area contributed by atoms with Crippen LogP contribution in [0.4, 0.5) is 0 Å². The molecule has 1 atom stereocenters. The fourth-order valence-corrected chi connectivity index (χ4v) is 1.60. The smallest absolute Gasteiger partial charge is 0.238 e. The molecular weight excluding hydrogens is 240 g/mol. The zero-order valence-electron chi connectivity index (χ0n) is 11.8. The van der Waals surface area contributed by atoms with Crippen LogP contribution in [-0.2, 0) is 11.3 Å². The van der Waals surface area contributed by atoms with Gasteiger partial charge in [-0.1, -0.05) is 24.8 Å². The van der Waals surface area contributed by atoms with Crippen molar-refractivity contribution < 1.29 is 9.53 Å². The number of nitrogens with one attached hydrogen (secondary N) is 1. The lowest BCUT2D eigenvalue weighted by Crippen LogP contribution is -2.41. The molecule has 1 aromatic carbocycles. The van der Waals surface area contributed by atoms with E-state index in [0.717, 1.165) is 11.3 Å². The second kappa shape index (κ2) is 7.59. The summed E-state index contributed by atoms with van der Waals surface area (Å²) in [7, 11) is 3.51. The summed E-state index contributed by atoms with van der Waals surface area (Å²) in [5.74, 6) is 0.895. The monoisotopic (exact) mass is 262 g/mol.